The lowest BCUT2D eigenvalue weighted by molar-refractivity contribution is -0.121. The predicted molar refractivity (Wildman–Crippen MR) is 87.9 cm³/mol. The molecule has 118 valence electrons. The number of amides is 1. The van der Waals surface area contributed by atoms with E-state index in [1.165, 1.54) is 7.05 Å². The number of benzene rings is 2. The van der Waals surface area contributed by atoms with Crippen molar-refractivity contribution in [1.29, 1.82) is 0 Å². The summed E-state index contributed by atoms with van der Waals surface area (Å²) in [5, 5.41) is 4.97. The first-order chi connectivity index (χ1) is 10.4. The van der Waals surface area contributed by atoms with Crippen molar-refractivity contribution in [1.82, 2.24) is 9.62 Å². The van der Waals surface area contributed by atoms with E-state index >= 15 is 0 Å². The van der Waals surface area contributed by atoms with Gasteiger partial charge in [0.1, 0.15) is 0 Å². The van der Waals surface area contributed by atoms with E-state index in [-0.39, 0.29) is 18.2 Å². The Morgan fingerprint density at radius 3 is 2.55 bits per heavy atom. The van der Waals surface area contributed by atoms with E-state index in [9.17, 15) is 13.2 Å². The molecular weight excluding hydrogens is 300 g/mol. The molecule has 1 N–H and O–H groups in total. The molecule has 22 heavy (non-hydrogen) atoms. The summed E-state index contributed by atoms with van der Waals surface area (Å²) in [7, 11) is -1.93. The van der Waals surface area contributed by atoms with Gasteiger partial charge in [-0.05, 0) is 23.3 Å². The minimum atomic E-state index is -3.34. The van der Waals surface area contributed by atoms with Crippen molar-refractivity contribution >= 4 is 26.7 Å². The van der Waals surface area contributed by atoms with Crippen LogP contribution in [0.3, 0.4) is 0 Å². The number of nitrogens with zero attached hydrogens (tertiary/aromatic N) is 1. The molecule has 0 aliphatic carbocycles. The lowest BCUT2D eigenvalue weighted by Crippen LogP contribution is -2.38. The lowest BCUT2D eigenvalue weighted by atomic mass is 10.0. The molecular formula is C16H20N2O3S. The van der Waals surface area contributed by atoms with Gasteiger partial charge in [0.25, 0.3) is 0 Å². The molecule has 0 fully saturated rings. The molecule has 0 radical (unpaired) electrons. The van der Waals surface area contributed by atoms with Gasteiger partial charge in [0.2, 0.25) is 15.9 Å². The van der Waals surface area contributed by atoms with Gasteiger partial charge < -0.3 is 5.32 Å². The first-order valence-electron chi connectivity index (χ1n) is 7.11. The van der Waals surface area contributed by atoms with Crippen molar-refractivity contribution < 1.29 is 13.2 Å². The van der Waals surface area contributed by atoms with E-state index in [1.54, 1.807) is 6.92 Å². The second-order valence-corrected chi connectivity index (χ2v) is 7.44. The number of hydrogen-bond donors (Lipinski definition) is 1. The summed E-state index contributed by atoms with van der Waals surface area (Å²) in [6.45, 7) is 1.76. The van der Waals surface area contributed by atoms with Gasteiger partial charge >= 0.3 is 0 Å². The highest BCUT2D eigenvalue weighted by molar-refractivity contribution is 7.89. The standard InChI is InChI=1S/C16H20N2O3S/c1-3-22(20,21)18(2)12-16(19)17-11-14-9-6-8-13-7-4-5-10-15(13)14/h4-10H,3,11-12H2,1-2H3,(H,17,19). The molecule has 0 saturated carbocycles. The van der Waals surface area contributed by atoms with Gasteiger partial charge in [-0.1, -0.05) is 42.5 Å². The molecule has 0 aliphatic rings. The average molecular weight is 320 g/mol. The van der Waals surface area contributed by atoms with E-state index in [0.29, 0.717) is 6.54 Å². The Kier molecular flexibility index (Phi) is 5.15. The molecule has 2 aromatic rings. The molecule has 0 saturated heterocycles. The SMILES string of the molecule is CCS(=O)(=O)N(C)CC(=O)NCc1cccc2ccccc12. The molecule has 5 nitrogen and oxygen atoms in total. The van der Waals surface area contributed by atoms with Gasteiger partial charge in [-0.15, -0.1) is 0 Å². The van der Waals surface area contributed by atoms with E-state index in [1.807, 2.05) is 42.5 Å². The Bertz CT molecular complexity index is 767. The van der Waals surface area contributed by atoms with E-state index in [0.717, 1.165) is 20.6 Å². The molecule has 2 rings (SSSR count). The van der Waals surface area contributed by atoms with Crippen molar-refractivity contribution in [2.24, 2.45) is 0 Å². The van der Waals surface area contributed by atoms with Crippen molar-refractivity contribution in [3.8, 4) is 0 Å². The third kappa shape index (κ3) is 3.84. The zero-order chi connectivity index (χ0) is 16.2. The summed E-state index contributed by atoms with van der Waals surface area (Å²) < 4.78 is 24.3. The minimum Gasteiger partial charge on any atom is -0.351 e. The van der Waals surface area contributed by atoms with Crippen LogP contribution in [-0.2, 0) is 21.4 Å². The van der Waals surface area contributed by atoms with Crippen molar-refractivity contribution in [2.75, 3.05) is 19.3 Å². The van der Waals surface area contributed by atoms with Crippen LogP contribution in [0.4, 0.5) is 0 Å². The van der Waals surface area contributed by atoms with Gasteiger partial charge in [-0.25, -0.2) is 8.42 Å². The number of sulfonamides is 1. The molecule has 0 aliphatic heterocycles. The van der Waals surface area contributed by atoms with Crippen LogP contribution in [0.2, 0.25) is 0 Å². The topological polar surface area (TPSA) is 66.5 Å². The van der Waals surface area contributed by atoms with Crippen LogP contribution in [0.1, 0.15) is 12.5 Å². The zero-order valence-corrected chi connectivity index (χ0v) is 13.6. The van der Waals surface area contributed by atoms with E-state index < -0.39 is 10.0 Å². The van der Waals surface area contributed by atoms with Gasteiger partial charge in [0.05, 0.1) is 12.3 Å². The van der Waals surface area contributed by atoms with Gasteiger partial charge in [0, 0.05) is 13.6 Å². The first-order valence-corrected chi connectivity index (χ1v) is 8.72. The number of carbonyl (C=O) groups is 1. The van der Waals surface area contributed by atoms with Gasteiger partial charge in [-0.3, -0.25) is 4.79 Å². The Morgan fingerprint density at radius 2 is 1.82 bits per heavy atom. The van der Waals surface area contributed by atoms with Crippen molar-refractivity contribution in [2.45, 2.75) is 13.5 Å². The fraction of sp³-hybridized carbons (Fsp3) is 0.312. The molecule has 6 heteroatoms. The average Bonchev–Trinajstić information content (AvgIpc) is 2.52. The number of rotatable bonds is 6. The normalized spacial score (nSPS) is 11.8. The fourth-order valence-electron chi connectivity index (χ4n) is 2.22. The largest absolute Gasteiger partial charge is 0.351 e. The summed E-state index contributed by atoms with van der Waals surface area (Å²) >= 11 is 0. The molecule has 0 aromatic heterocycles. The summed E-state index contributed by atoms with van der Waals surface area (Å²) in [6.07, 6.45) is 0. The Morgan fingerprint density at radius 1 is 1.14 bits per heavy atom. The van der Waals surface area contributed by atoms with E-state index in [2.05, 4.69) is 5.32 Å². The van der Waals surface area contributed by atoms with Crippen LogP contribution in [0, 0.1) is 0 Å². The van der Waals surface area contributed by atoms with Gasteiger partial charge in [0.15, 0.2) is 0 Å². The van der Waals surface area contributed by atoms with Crippen molar-refractivity contribution in [3.05, 3.63) is 48.0 Å². The Balaban J connectivity index is 2.02. The Labute approximate surface area is 131 Å². The maximum atomic E-state index is 11.9. The highest BCUT2D eigenvalue weighted by Crippen LogP contribution is 2.18. The number of nitrogens with one attached hydrogen (secondary N) is 1. The predicted octanol–water partition coefficient (Wildman–Crippen LogP) is 1.74. The van der Waals surface area contributed by atoms with Crippen LogP contribution >= 0.6 is 0 Å². The highest BCUT2D eigenvalue weighted by atomic mass is 32.2. The minimum absolute atomic E-state index is 0.0138. The molecule has 0 atom stereocenters. The smallest absolute Gasteiger partial charge is 0.235 e. The molecule has 1 amide bonds. The highest BCUT2D eigenvalue weighted by Gasteiger charge is 2.18. The van der Waals surface area contributed by atoms with Crippen LogP contribution in [-0.4, -0.2) is 38.0 Å². The molecule has 2 aromatic carbocycles. The number of likely N-dealkylation sites (N-methyl/N-ethyl adjacent to an activating group) is 1. The van der Waals surface area contributed by atoms with Crippen LogP contribution in [0.5, 0.6) is 0 Å². The first kappa shape index (κ1) is 16.5. The summed E-state index contributed by atoms with van der Waals surface area (Å²) in [4.78, 5) is 11.9. The fourth-order valence-corrected chi connectivity index (χ4v) is 2.97. The summed E-state index contributed by atoms with van der Waals surface area (Å²) in [6, 6.07) is 13.9. The lowest BCUT2D eigenvalue weighted by Gasteiger charge is -2.15. The summed E-state index contributed by atoms with van der Waals surface area (Å²) in [5.74, 6) is -0.326. The molecule has 0 heterocycles. The molecule has 0 bridgehead atoms. The van der Waals surface area contributed by atoms with Gasteiger partial charge in [-0.2, -0.15) is 4.31 Å². The second-order valence-electron chi connectivity index (χ2n) is 5.07. The zero-order valence-electron chi connectivity index (χ0n) is 12.7. The second kappa shape index (κ2) is 6.89. The third-order valence-electron chi connectivity index (χ3n) is 3.56. The summed E-state index contributed by atoms with van der Waals surface area (Å²) in [5.41, 5.74) is 1.01. The Hall–Kier alpha value is -1.92. The number of hydrogen-bond acceptors (Lipinski definition) is 3. The van der Waals surface area contributed by atoms with E-state index in [4.69, 9.17) is 0 Å². The van der Waals surface area contributed by atoms with Crippen molar-refractivity contribution in [3.63, 3.8) is 0 Å². The van der Waals surface area contributed by atoms with Crippen LogP contribution < -0.4 is 5.32 Å². The molecule has 0 spiro atoms. The number of fused-ring (bicyclic) bond motifs is 1. The monoisotopic (exact) mass is 320 g/mol. The molecule has 0 unspecified atom stereocenters. The maximum absolute atomic E-state index is 11.9. The van der Waals surface area contributed by atoms with Crippen LogP contribution in [0.15, 0.2) is 42.5 Å². The third-order valence-corrected chi connectivity index (χ3v) is 5.37. The number of carbonyl (C=O) groups excluding carboxylic acids is 1. The quantitative estimate of drug-likeness (QED) is 0.881. The van der Waals surface area contributed by atoms with Crippen LogP contribution in [0.25, 0.3) is 10.8 Å². The maximum Gasteiger partial charge on any atom is 0.235 e.